The van der Waals surface area contributed by atoms with E-state index in [0.29, 0.717) is 33.0 Å². The maximum atomic E-state index is 13.2. The van der Waals surface area contributed by atoms with E-state index in [-0.39, 0.29) is 23.8 Å². The second kappa shape index (κ2) is 9.67. The van der Waals surface area contributed by atoms with Crippen molar-refractivity contribution in [3.8, 4) is 0 Å². The molecule has 0 radical (unpaired) electrons. The Morgan fingerprint density at radius 1 is 1.12 bits per heavy atom. The van der Waals surface area contributed by atoms with Gasteiger partial charge in [-0.1, -0.05) is 23.7 Å². The molecule has 1 atom stereocenters. The molecule has 2 aromatic heterocycles. The average molecular weight is 456 g/mol. The first-order chi connectivity index (χ1) is 15.5. The second-order valence-electron chi connectivity index (χ2n) is 8.04. The van der Waals surface area contributed by atoms with Gasteiger partial charge >= 0.3 is 0 Å². The van der Waals surface area contributed by atoms with E-state index in [0.717, 1.165) is 25.7 Å². The summed E-state index contributed by atoms with van der Waals surface area (Å²) in [4.78, 5) is 37.0. The van der Waals surface area contributed by atoms with Gasteiger partial charge in [0.05, 0.1) is 16.0 Å². The van der Waals surface area contributed by atoms with Gasteiger partial charge in [0.2, 0.25) is 5.91 Å². The second-order valence-corrected chi connectivity index (χ2v) is 8.44. The zero-order valence-electron chi connectivity index (χ0n) is 18.0. The zero-order chi connectivity index (χ0) is 22.7. The Hall–Kier alpha value is -2.97. The van der Waals surface area contributed by atoms with Gasteiger partial charge in [-0.25, -0.2) is 9.97 Å². The highest BCUT2D eigenvalue weighted by molar-refractivity contribution is 6.35. The summed E-state index contributed by atoms with van der Waals surface area (Å²) in [5.74, 6) is 0.349. The number of methoxy groups -OCH3 is 1. The van der Waals surface area contributed by atoms with Gasteiger partial charge in [-0.3, -0.25) is 9.59 Å². The minimum absolute atomic E-state index is 0.0866. The van der Waals surface area contributed by atoms with E-state index < -0.39 is 6.10 Å². The highest BCUT2D eigenvalue weighted by Crippen LogP contribution is 2.30. The van der Waals surface area contributed by atoms with Gasteiger partial charge in [0.25, 0.3) is 0 Å². The number of halogens is 1. The van der Waals surface area contributed by atoms with E-state index in [9.17, 15) is 9.59 Å². The maximum absolute atomic E-state index is 13.2. The fourth-order valence-electron chi connectivity index (χ4n) is 4.04. The summed E-state index contributed by atoms with van der Waals surface area (Å²) >= 11 is 6.25. The van der Waals surface area contributed by atoms with Crippen LogP contribution in [0.4, 0.5) is 5.82 Å². The molecule has 1 aromatic carbocycles. The highest BCUT2D eigenvalue weighted by Gasteiger charge is 2.26. The molecule has 0 aliphatic heterocycles. The number of benzene rings is 1. The predicted molar refractivity (Wildman–Crippen MR) is 123 cm³/mol. The van der Waals surface area contributed by atoms with Crippen molar-refractivity contribution in [3.05, 3.63) is 52.9 Å². The topological polar surface area (TPSA) is 109 Å². The number of carbonyl (C=O) groups is 2. The molecular weight excluding hydrogens is 430 g/mol. The van der Waals surface area contributed by atoms with Gasteiger partial charge in [0.15, 0.2) is 5.78 Å². The standard InChI is InChI=1S/C23H26ClN5O3/c1-13(32-2)23(31)29-15-9-7-14(8-10-15)28-22-19-17(11-25-21(19)26-12-27-22)20(30)16-5-3-4-6-18(16)24/h3-6,11-15H,7-10H2,1-2H3,(H,29,31)(H2,25,26,27,28)/t13-,14-,15+/m0/s1. The molecule has 3 aromatic rings. The van der Waals surface area contributed by atoms with Crippen LogP contribution in [-0.4, -0.2) is 51.9 Å². The van der Waals surface area contributed by atoms with Crippen molar-refractivity contribution in [2.24, 2.45) is 0 Å². The summed E-state index contributed by atoms with van der Waals surface area (Å²) in [5.41, 5.74) is 1.50. The van der Waals surface area contributed by atoms with E-state index in [4.69, 9.17) is 16.3 Å². The molecule has 0 bridgehead atoms. The van der Waals surface area contributed by atoms with Crippen LogP contribution in [0.25, 0.3) is 11.0 Å². The Morgan fingerprint density at radius 3 is 2.56 bits per heavy atom. The van der Waals surface area contributed by atoms with Crippen LogP contribution in [-0.2, 0) is 9.53 Å². The van der Waals surface area contributed by atoms with E-state index in [2.05, 4.69) is 25.6 Å². The summed E-state index contributed by atoms with van der Waals surface area (Å²) in [6.07, 6.45) is 6.12. The molecular formula is C23H26ClN5O3. The Kier molecular flexibility index (Phi) is 6.72. The fourth-order valence-corrected chi connectivity index (χ4v) is 4.26. The lowest BCUT2D eigenvalue weighted by Crippen LogP contribution is -2.44. The Bertz CT molecular complexity index is 1120. The summed E-state index contributed by atoms with van der Waals surface area (Å²) < 4.78 is 5.08. The third-order valence-electron chi connectivity index (χ3n) is 5.97. The number of rotatable bonds is 7. The molecule has 0 spiro atoms. The van der Waals surface area contributed by atoms with Crippen LogP contribution in [0.1, 0.15) is 48.5 Å². The van der Waals surface area contributed by atoms with Crippen molar-refractivity contribution < 1.29 is 14.3 Å². The van der Waals surface area contributed by atoms with Gasteiger partial charge in [-0.2, -0.15) is 0 Å². The minimum atomic E-state index is -0.456. The molecule has 2 heterocycles. The molecule has 1 aliphatic rings. The van der Waals surface area contributed by atoms with Crippen LogP contribution in [0, 0.1) is 0 Å². The number of hydrogen-bond donors (Lipinski definition) is 3. The van der Waals surface area contributed by atoms with Crippen molar-refractivity contribution in [2.45, 2.75) is 50.8 Å². The van der Waals surface area contributed by atoms with Crippen LogP contribution in [0.15, 0.2) is 36.8 Å². The third-order valence-corrected chi connectivity index (χ3v) is 6.30. The number of carbonyl (C=O) groups excluding carboxylic acids is 2. The number of amides is 1. The Labute approximate surface area is 191 Å². The number of hydrogen-bond acceptors (Lipinski definition) is 6. The molecule has 0 unspecified atom stereocenters. The first-order valence-corrected chi connectivity index (χ1v) is 11.1. The molecule has 9 heteroatoms. The summed E-state index contributed by atoms with van der Waals surface area (Å²) in [6.45, 7) is 1.74. The molecule has 4 rings (SSSR count). The summed E-state index contributed by atoms with van der Waals surface area (Å²) in [5, 5.41) is 7.59. The van der Waals surface area contributed by atoms with Gasteiger partial charge in [-0.15, -0.1) is 0 Å². The molecule has 8 nitrogen and oxygen atoms in total. The lowest BCUT2D eigenvalue weighted by molar-refractivity contribution is -0.131. The lowest BCUT2D eigenvalue weighted by atomic mass is 9.91. The van der Waals surface area contributed by atoms with Gasteiger partial charge in [0.1, 0.15) is 23.9 Å². The van der Waals surface area contributed by atoms with Crippen molar-refractivity contribution in [2.75, 3.05) is 12.4 Å². The van der Waals surface area contributed by atoms with E-state index in [1.54, 1.807) is 37.4 Å². The Balaban J connectivity index is 1.49. The zero-order valence-corrected chi connectivity index (χ0v) is 18.8. The van der Waals surface area contributed by atoms with Crippen LogP contribution < -0.4 is 10.6 Å². The van der Waals surface area contributed by atoms with Gasteiger partial charge in [-0.05, 0) is 44.7 Å². The largest absolute Gasteiger partial charge is 0.372 e. The Morgan fingerprint density at radius 2 is 1.84 bits per heavy atom. The number of nitrogens with zero attached hydrogens (tertiary/aromatic N) is 2. The van der Waals surface area contributed by atoms with Crippen molar-refractivity contribution in [3.63, 3.8) is 0 Å². The van der Waals surface area contributed by atoms with Crippen LogP contribution in [0.3, 0.4) is 0 Å². The average Bonchev–Trinajstić information content (AvgIpc) is 3.25. The molecule has 1 saturated carbocycles. The molecule has 32 heavy (non-hydrogen) atoms. The fraction of sp³-hybridized carbons (Fsp3) is 0.391. The van der Waals surface area contributed by atoms with Crippen molar-refractivity contribution in [1.82, 2.24) is 20.3 Å². The van der Waals surface area contributed by atoms with E-state index >= 15 is 0 Å². The van der Waals surface area contributed by atoms with E-state index in [1.807, 2.05) is 0 Å². The van der Waals surface area contributed by atoms with Gasteiger partial charge in [0, 0.05) is 31.0 Å². The minimum Gasteiger partial charge on any atom is -0.372 e. The van der Waals surface area contributed by atoms with Crippen molar-refractivity contribution >= 4 is 40.1 Å². The number of H-pyrrole nitrogens is 1. The highest BCUT2D eigenvalue weighted by atomic mass is 35.5. The first-order valence-electron chi connectivity index (χ1n) is 10.7. The first kappa shape index (κ1) is 22.2. The van der Waals surface area contributed by atoms with Gasteiger partial charge < -0.3 is 20.4 Å². The summed E-state index contributed by atoms with van der Waals surface area (Å²) in [7, 11) is 1.53. The molecule has 168 valence electrons. The number of fused-ring (bicyclic) bond motifs is 1. The molecule has 3 N–H and O–H groups in total. The normalized spacial score (nSPS) is 19.5. The quantitative estimate of drug-likeness (QED) is 0.468. The lowest BCUT2D eigenvalue weighted by Gasteiger charge is -2.30. The SMILES string of the molecule is CO[C@@H](C)C(=O)N[C@H]1CC[C@@H](Nc2ncnc3[nH]cc(C(=O)c4ccccc4Cl)c23)CC1. The number of aromatic amines is 1. The number of ketones is 1. The molecule has 1 aliphatic carbocycles. The van der Waals surface area contributed by atoms with E-state index in [1.165, 1.54) is 13.4 Å². The van der Waals surface area contributed by atoms with Crippen LogP contribution in [0.5, 0.6) is 0 Å². The molecule has 0 saturated heterocycles. The number of nitrogens with one attached hydrogen (secondary N) is 3. The predicted octanol–water partition coefficient (Wildman–Crippen LogP) is 3.72. The smallest absolute Gasteiger partial charge is 0.249 e. The molecule has 1 amide bonds. The third kappa shape index (κ3) is 4.61. The van der Waals surface area contributed by atoms with Crippen LogP contribution in [0.2, 0.25) is 5.02 Å². The van der Waals surface area contributed by atoms with Crippen LogP contribution >= 0.6 is 11.6 Å². The maximum Gasteiger partial charge on any atom is 0.249 e. The monoisotopic (exact) mass is 455 g/mol. The number of ether oxygens (including phenoxy) is 1. The molecule has 1 fully saturated rings. The number of aromatic nitrogens is 3. The summed E-state index contributed by atoms with van der Waals surface area (Å²) in [6, 6.07) is 7.30. The number of anilines is 1. The van der Waals surface area contributed by atoms with Crippen molar-refractivity contribution in [1.29, 1.82) is 0 Å².